The number of nitrogens with zero attached hydrogens (tertiary/aromatic N) is 2. The van der Waals surface area contributed by atoms with Crippen molar-refractivity contribution in [2.24, 2.45) is 32.9 Å². The van der Waals surface area contributed by atoms with Gasteiger partial charge in [0.05, 0.1) is 11.4 Å². The smallest absolute Gasteiger partial charge is 0.229 e. The lowest BCUT2D eigenvalue weighted by molar-refractivity contribution is -0.131. The summed E-state index contributed by atoms with van der Waals surface area (Å²) in [6.45, 7) is 0.993. The van der Waals surface area contributed by atoms with E-state index in [0.29, 0.717) is 11.4 Å². The lowest BCUT2D eigenvalue weighted by Crippen LogP contribution is -2.31. The third kappa shape index (κ3) is 12.3. The molecule has 0 aliphatic heterocycles. The summed E-state index contributed by atoms with van der Waals surface area (Å²) in [5.41, 5.74) is 25.9. The molecule has 0 spiro atoms. The SMILES string of the molecule is NC(N)=Nc1ccc(CNC(=O)CC(=O)NCc2ccc(CNC(=O)CC(=O)NCc3ccc(N=C(N)N)cc3)cc2)cc1. The van der Waals surface area contributed by atoms with Gasteiger partial charge in [0.15, 0.2) is 11.9 Å². The van der Waals surface area contributed by atoms with Crippen LogP contribution in [0.3, 0.4) is 0 Å². The fourth-order valence-corrected chi connectivity index (χ4v) is 3.79. The fraction of sp³-hybridized carbons (Fsp3) is 0.200. The standard InChI is InChI=1S/C30H36N10O4/c31-29(32)39-23-9-5-21(6-10-23)17-37-27(43)13-25(41)35-15-19-1-2-20(4-3-19)16-36-26(42)14-28(44)38-18-22-7-11-24(12-8-22)40-30(33)34/h1-12H,13-18H2,(H,35,41)(H,36,42)(H,37,43)(H,38,44)(H4,31,32,39)(H4,33,34,40). The number of amides is 4. The predicted octanol–water partition coefficient (Wildman–Crippen LogP) is 0.142. The Bertz CT molecular complexity index is 1380. The summed E-state index contributed by atoms with van der Waals surface area (Å²) < 4.78 is 0. The third-order valence-corrected chi connectivity index (χ3v) is 6.01. The molecule has 0 aliphatic carbocycles. The minimum atomic E-state index is -0.414. The molecule has 0 fully saturated rings. The molecule has 12 N–H and O–H groups in total. The quantitative estimate of drug-likeness (QED) is 0.0716. The molecule has 0 bridgehead atoms. The molecule has 0 saturated carbocycles. The first-order valence-corrected chi connectivity index (χ1v) is 13.6. The van der Waals surface area contributed by atoms with Crippen molar-refractivity contribution in [2.75, 3.05) is 0 Å². The highest BCUT2D eigenvalue weighted by Gasteiger charge is 2.11. The van der Waals surface area contributed by atoms with Crippen LogP contribution in [-0.2, 0) is 45.4 Å². The van der Waals surface area contributed by atoms with Gasteiger partial charge < -0.3 is 44.2 Å². The predicted molar refractivity (Wildman–Crippen MR) is 167 cm³/mol. The molecule has 44 heavy (non-hydrogen) atoms. The van der Waals surface area contributed by atoms with Crippen LogP contribution in [0.4, 0.5) is 11.4 Å². The molecule has 0 aromatic heterocycles. The summed E-state index contributed by atoms with van der Waals surface area (Å²) in [6.07, 6.45) is -0.620. The molecule has 3 aromatic carbocycles. The highest BCUT2D eigenvalue weighted by atomic mass is 16.2. The molecular formula is C30H36N10O4. The van der Waals surface area contributed by atoms with E-state index < -0.39 is 23.6 Å². The maximum atomic E-state index is 12.2. The van der Waals surface area contributed by atoms with Crippen LogP contribution in [0.15, 0.2) is 82.8 Å². The number of benzene rings is 3. The number of nitrogens with one attached hydrogen (secondary N) is 4. The molecule has 3 rings (SSSR count). The Labute approximate surface area is 254 Å². The van der Waals surface area contributed by atoms with Crippen molar-refractivity contribution in [3.05, 3.63) is 95.1 Å². The van der Waals surface area contributed by atoms with Gasteiger partial charge in [0, 0.05) is 26.2 Å². The van der Waals surface area contributed by atoms with Crippen molar-refractivity contribution < 1.29 is 19.2 Å². The van der Waals surface area contributed by atoms with E-state index in [-0.39, 0.29) is 50.9 Å². The number of carbonyl (C=O) groups excluding carboxylic acids is 4. The van der Waals surface area contributed by atoms with Crippen molar-refractivity contribution in [3.63, 3.8) is 0 Å². The van der Waals surface area contributed by atoms with E-state index >= 15 is 0 Å². The molecule has 230 valence electrons. The van der Waals surface area contributed by atoms with Gasteiger partial charge in [0.25, 0.3) is 0 Å². The number of rotatable bonds is 14. The van der Waals surface area contributed by atoms with Crippen LogP contribution in [0.25, 0.3) is 0 Å². The highest BCUT2D eigenvalue weighted by molar-refractivity contribution is 5.97. The molecule has 0 aliphatic rings. The van der Waals surface area contributed by atoms with E-state index in [0.717, 1.165) is 22.3 Å². The molecule has 0 heterocycles. The van der Waals surface area contributed by atoms with Crippen LogP contribution in [0.5, 0.6) is 0 Å². The minimum Gasteiger partial charge on any atom is -0.370 e. The molecule has 0 saturated heterocycles. The van der Waals surface area contributed by atoms with Gasteiger partial charge in [0.2, 0.25) is 23.6 Å². The average Bonchev–Trinajstić information content (AvgIpc) is 2.98. The van der Waals surface area contributed by atoms with Gasteiger partial charge in [-0.05, 0) is 46.5 Å². The number of carbonyl (C=O) groups is 4. The first-order chi connectivity index (χ1) is 21.0. The second-order valence-electron chi connectivity index (χ2n) is 9.68. The molecule has 0 atom stereocenters. The Hall–Kier alpha value is -5.92. The van der Waals surface area contributed by atoms with Crippen molar-refractivity contribution in [1.82, 2.24) is 21.3 Å². The summed E-state index contributed by atoms with van der Waals surface area (Å²) >= 11 is 0. The van der Waals surface area contributed by atoms with Gasteiger partial charge in [-0.15, -0.1) is 0 Å². The van der Waals surface area contributed by atoms with Crippen molar-refractivity contribution in [2.45, 2.75) is 39.0 Å². The maximum Gasteiger partial charge on any atom is 0.229 e. The van der Waals surface area contributed by atoms with Crippen molar-refractivity contribution in [1.29, 1.82) is 0 Å². The normalized spacial score (nSPS) is 10.2. The van der Waals surface area contributed by atoms with Gasteiger partial charge in [-0.2, -0.15) is 0 Å². The maximum absolute atomic E-state index is 12.2. The molecule has 0 radical (unpaired) electrons. The van der Waals surface area contributed by atoms with Crippen LogP contribution in [0.2, 0.25) is 0 Å². The Morgan fingerprint density at radius 1 is 0.432 bits per heavy atom. The van der Waals surface area contributed by atoms with Crippen LogP contribution in [-0.4, -0.2) is 35.5 Å². The molecule has 3 aromatic rings. The van der Waals surface area contributed by atoms with Crippen molar-refractivity contribution in [3.8, 4) is 0 Å². The number of hydrogen-bond acceptors (Lipinski definition) is 6. The fourth-order valence-electron chi connectivity index (χ4n) is 3.79. The van der Waals surface area contributed by atoms with Gasteiger partial charge in [-0.1, -0.05) is 48.5 Å². The largest absolute Gasteiger partial charge is 0.370 e. The van der Waals surface area contributed by atoms with E-state index in [2.05, 4.69) is 31.3 Å². The summed E-state index contributed by atoms with van der Waals surface area (Å²) in [5.74, 6) is -1.73. The van der Waals surface area contributed by atoms with Crippen molar-refractivity contribution >= 4 is 46.9 Å². The zero-order valence-electron chi connectivity index (χ0n) is 24.0. The second-order valence-corrected chi connectivity index (χ2v) is 9.68. The van der Waals surface area contributed by atoms with E-state index in [9.17, 15) is 19.2 Å². The molecular weight excluding hydrogens is 564 g/mol. The van der Waals surface area contributed by atoms with Crippen LogP contribution in [0, 0.1) is 0 Å². The van der Waals surface area contributed by atoms with E-state index in [1.165, 1.54) is 0 Å². The zero-order valence-corrected chi connectivity index (χ0v) is 24.0. The summed E-state index contributed by atoms with van der Waals surface area (Å²) in [4.78, 5) is 56.5. The Morgan fingerprint density at radius 2 is 0.659 bits per heavy atom. The molecule has 14 heteroatoms. The summed E-state index contributed by atoms with van der Waals surface area (Å²) in [7, 11) is 0. The minimum absolute atomic E-state index is 0.0436. The van der Waals surface area contributed by atoms with Gasteiger partial charge >= 0.3 is 0 Å². The van der Waals surface area contributed by atoms with Crippen LogP contribution < -0.4 is 44.2 Å². The molecule has 0 unspecified atom stereocenters. The monoisotopic (exact) mass is 600 g/mol. The van der Waals surface area contributed by atoms with E-state index in [4.69, 9.17) is 22.9 Å². The van der Waals surface area contributed by atoms with E-state index in [1.54, 1.807) is 72.8 Å². The number of aliphatic imine (C=N–C) groups is 2. The Morgan fingerprint density at radius 3 is 0.886 bits per heavy atom. The summed E-state index contributed by atoms with van der Waals surface area (Å²) in [5, 5.41) is 10.8. The van der Waals surface area contributed by atoms with E-state index in [1.807, 2.05) is 0 Å². The van der Waals surface area contributed by atoms with Gasteiger partial charge in [0.1, 0.15) is 12.8 Å². The Balaban J connectivity index is 1.31. The van der Waals surface area contributed by atoms with Crippen LogP contribution in [0.1, 0.15) is 35.1 Å². The topological polar surface area (TPSA) is 245 Å². The number of nitrogens with two attached hydrogens (primary N) is 4. The number of hydrogen-bond donors (Lipinski definition) is 8. The first kappa shape index (κ1) is 32.6. The second kappa shape index (κ2) is 16.5. The molecule has 14 nitrogen and oxygen atoms in total. The lowest BCUT2D eigenvalue weighted by Gasteiger charge is -2.09. The summed E-state index contributed by atoms with van der Waals surface area (Å²) in [6, 6.07) is 21.2. The Kier molecular flexibility index (Phi) is 12.2. The average molecular weight is 601 g/mol. The third-order valence-electron chi connectivity index (χ3n) is 6.01. The number of guanidine groups is 2. The van der Waals surface area contributed by atoms with Crippen LogP contribution >= 0.6 is 0 Å². The first-order valence-electron chi connectivity index (χ1n) is 13.6. The molecule has 4 amide bonds. The van der Waals surface area contributed by atoms with Gasteiger partial charge in [-0.3, -0.25) is 19.2 Å². The van der Waals surface area contributed by atoms with Gasteiger partial charge in [-0.25, -0.2) is 9.98 Å². The zero-order chi connectivity index (χ0) is 31.9. The lowest BCUT2D eigenvalue weighted by atomic mass is 10.1. The highest BCUT2D eigenvalue weighted by Crippen LogP contribution is 2.13.